The Morgan fingerprint density at radius 2 is 1.80 bits per heavy atom. The first-order chi connectivity index (χ1) is 7.34. The van der Waals surface area contributed by atoms with E-state index in [0.717, 1.165) is 16.8 Å². The first kappa shape index (κ1) is 9.29. The van der Waals surface area contributed by atoms with Gasteiger partial charge in [-0.2, -0.15) is 0 Å². The molecule has 2 rings (SSSR count). The Hall–Kier alpha value is -2.27. The molecule has 0 aliphatic heterocycles. The van der Waals surface area contributed by atoms with E-state index in [-0.39, 0.29) is 0 Å². The summed E-state index contributed by atoms with van der Waals surface area (Å²) in [4.78, 5) is 3.99. The van der Waals surface area contributed by atoms with Crippen LogP contribution in [0.2, 0.25) is 0 Å². The van der Waals surface area contributed by atoms with Crippen molar-refractivity contribution >= 4 is 5.69 Å². The minimum Gasteiger partial charge on any atom is -0.399 e. The predicted octanol–water partition coefficient (Wildman–Crippen LogP) is 2.06. The predicted molar refractivity (Wildman–Crippen MR) is 61.1 cm³/mol. The van der Waals surface area contributed by atoms with Crippen LogP contribution in [0.5, 0.6) is 0 Å². The lowest BCUT2D eigenvalue weighted by atomic mass is 10.2. The van der Waals surface area contributed by atoms with E-state index in [4.69, 9.17) is 5.73 Å². The third kappa shape index (κ3) is 2.58. The molecule has 15 heavy (non-hydrogen) atoms. The summed E-state index contributed by atoms with van der Waals surface area (Å²) >= 11 is 0. The molecule has 0 saturated carbocycles. The smallest absolute Gasteiger partial charge is 0.0432 e. The molecule has 2 N–H and O–H groups in total. The number of aromatic nitrogens is 1. The monoisotopic (exact) mass is 194 g/mol. The molecule has 0 atom stereocenters. The molecule has 1 aromatic heterocycles. The van der Waals surface area contributed by atoms with Crippen molar-refractivity contribution in [2.75, 3.05) is 5.73 Å². The van der Waals surface area contributed by atoms with Crippen LogP contribution in [0.15, 0.2) is 48.8 Å². The van der Waals surface area contributed by atoms with Crippen LogP contribution < -0.4 is 5.73 Å². The van der Waals surface area contributed by atoms with Gasteiger partial charge in [0.2, 0.25) is 0 Å². The molecule has 0 fully saturated rings. The fourth-order valence-electron chi connectivity index (χ4n) is 1.20. The highest BCUT2D eigenvalue weighted by Gasteiger charge is 1.87. The van der Waals surface area contributed by atoms with Crippen LogP contribution in [-0.4, -0.2) is 4.98 Å². The number of rotatable bonds is 0. The first-order valence-corrected chi connectivity index (χ1v) is 4.62. The topological polar surface area (TPSA) is 38.9 Å². The number of hydrogen-bond donors (Lipinski definition) is 1. The zero-order chi connectivity index (χ0) is 10.5. The average Bonchev–Trinajstić information content (AvgIpc) is 2.28. The van der Waals surface area contributed by atoms with Crippen LogP contribution in [-0.2, 0) is 0 Å². The van der Waals surface area contributed by atoms with Gasteiger partial charge in [0.05, 0.1) is 0 Å². The van der Waals surface area contributed by atoms with E-state index in [1.165, 1.54) is 0 Å². The lowest BCUT2D eigenvalue weighted by Crippen LogP contribution is -1.84. The number of nitrogen functional groups attached to an aromatic ring is 1. The van der Waals surface area contributed by atoms with Gasteiger partial charge in [-0.25, -0.2) is 0 Å². The Kier molecular flexibility index (Phi) is 2.66. The molecule has 1 aromatic carbocycles. The Balaban J connectivity index is 2.26. The van der Waals surface area contributed by atoms with Gasteiger partial charge in [0.25, 0.3) is 0 Å². The zero-order valence-electron chi connectivity index (χ0n) is 8.14. The van der Waals surface area contributed by atoms with Crippen molar-refractivity contribution in [1.82, 2.24) is 4.98 Å². The van der Waals surface area contributed by atoms with Gasteiger partial charge >= 0.3 is 0 Å². The molecular weight excluding hydrogens is 184 g/mol. The lowest BCUT2D eigenvalue weighted by Gasteiger charge is -1.92. The van der Waals surface area contributed by atoms with Crippen molar-refractivity contribution in [1.29, 1.82) is 0 Å². The molecule has 72 valence electrons. The summed E-state index contributed by atoms with van der Waals surface area (Å²) in [5.41, 5.74) is 8.20. The normalized spacial score (nSPS) is 9.07. The van der Waals surface area contributed by atoms with Crippen LogP contribution in [0.4, 0.5) is 5.69 Å². The highest BCUT2D eigenvalue weighted by atomic mass is 14.6. The average molecular weight is 194 g/mol. The molecule has 2 nitrogen and oxygen atoms in total. The fraction of sp³-hybridized carbons (Fsp3) is 0. The summed E-state index contributed by atoms with van der Waals surface area (Å²) < 4.78 is 0. The highest BCUT2D eigenvalue weighted by Crippen LogP contribution is 2.05. The van der Waals surface area contributed by atoms with Crippen LogP contribution in [0, 0.1) is 11.8 Å². The van der Waals surface area contributed by atoms with Crippen molar-refractivity contribution in [2.24, 2.45) is 0 Å². The second kappa shape index (κ2) is 4.30. The highest BCUT2D eigenvalue weighted by molar-refractivity contribution is 5.49. The fourth-order valence-corrected chi connectivity index (χ4v) is 1.20. The van der Waals surface area contributed by atoms with Gasteiger partial charge < -0.3 is 5.73 Å². The Bertz CT molecular complexity index is 507. The summed E-state index contributed by atoms with van der Waals surface area (Å²) in [5.74, 6) is 6.05. The van der Waals surface area contributed by atoms with Gasteiger partial charge in [-0.1, -0.05) is 17.9 Å². The standard InChI is InChI=1S/C13H10N2/c14-13-5-1-3-11(9-13)6-7-12-4-2-8-15-10-12/h1-5,8-10H,14H2. The van der Waals surface area contributed by atoms with E-state index in [1.807, 2.05) is 36.4 Å². The van der Waals surface area contributed by atoms with Crippen LogP contribution >= 0.6 is 0 Å². The van der Waals surface area contributed by atoms with E-state index < -0.39 is 0 Å². The Morgan fingerprint density at radius 1 is 1.00 bits per heavy atom. The number of anilines is 1. The Morgan fingerprint density at radius 3 is 2.53 bits per heavy atom. The van der Waals surface area contributed by atoms with Gasteiger partial charge in [-0.15, -0.1) is 0 Å². The van der Waals surface area contributed by atoms with Gasteiger partial charge in [0, 0.05) is 29.2 Å². The van der Waals surface area contributed by atoms with E-state index in [1.54, 1.807) is 12.4 Å². The minimum absolute atomic E-state index is 0.730. The van der Waals surface area contributed by atoms with Gasteiger partial charge in [0.15, 0.2) is 0 Å². The van der Waals surface area contributed by atoms with Crippen LogP contribution in [0.1, 0.15) is 11.1 Å². The summed E-state index contributed by atoms with van der Waals surface area (Å²) in [6, 6.07) is 11.3. The second-order valence-corrected chi connectivity index (χ2v) is 3.12. The molecule has 0 saturated heterocycles. The summed E-state index contributed by atoms with van der Waals surface area (Å²) in [6.45, 7) is 0. The molecule has 0 aliphatic rings. The minimum atomic E-state index is 0.730. The largest absolute Gasteiger partial charge is 0.399 e. The van der Waals surface area contributed by atoms with E-state index in [0.29, 0.717) is 0 Å². The Labute approximate surface area is 88.8 Å². The molecule has 0 bridgehead atoms. The van der Waals surface area contributed by atoms with Gasteiger partial charge in [-0.05, 0) is 30.3 Å². The zero-order valence-corrected chi connectivity index (χ0v) is 8.14. The van der Waals surface area contributed by atoms with Crippen molar-refractivity contribution in [3.8, 4) is 11.8 Å². The number of nitrogens with zero attached hydrogens (tertiary/aromatic N) is 1. The number of hydrogen-bond acceptors (Lipinski definition) is 2. The van der Waals surface area contributed by atoms with Crippen molar-refractivity contribution < 1.29 is 0 Å². The molecular formula is C13H10N2. The summed E-state index contributed by atoms with van der Waals surface area (Å²) in [7, 11) is 0. The van der Waals surface area contributed by atoms with E-state index in [9.17, 15) is 0 Å². The van der Waals surface area contributed by atoms with Crippen molar-refractivity contribution in [3.63, 3.8) is 0 Å². The molecule has 2 heteroatoms. The third-order valence-corrected chi connectivity index (χ3v) is 1.90. The maximum absolute atomic E-state index is 5.65. The maximum Gasteiger partial charge on any atom is 0.0432 e. The molecule has 0 unspecified atom stereocenters. The van der Waals surface area contributed by atoms with E-state index >= 15 is 0 Å². The maximum atomic E-state index is 5.65. The van der Waals surface area contributed by atoms with E-state index in [2.05, 4.69) is 16.8 Å². The second-order valence-electron chi connectivity index (χ2n) is 3.12. The summed E-state index contributed by atoms with van der Waals surface area (Å²) in [6.07, 6.45) is 3.46. The van der Waals surface area contributed by atoms with Crippen molar-refractivity contribution in [2.45, 2.75) is 0 Å². The van der Waals surface area contributed by atoms with Gasteiger partial charge in [-0.3, -0.25) is 4.98 Å². The third-order valence-electron chi connectivity index (χ3n) is 1.90. The van der Waals surface area contributed by atoms with Crippen LogP contribution in [0.25, 0.3) is 0 Å². The molecule has 0 spiro atoms. The first-order valence-electron chi connectivity index (χ1n) is 4.62. The number of benzene rings is 1. The SMILES string of the molecule is Nc1cccc(C#Cc2cccnc2)c1. The molecule has 0 radical (unpaired) electrons. The lowest BCUT2D eigenvalue weighted by molar-refractivity contribution is 1.31. The number of nitrogens with two attached hydrogens (primary N) is 1. The number of pyridine rings is 1. The molecule has 2 aromatic rings. The van der Waals surface area contributed by atoms with Gasteiger partial charge in [0.1, 0.15) is 0 Å². The molecule has 0 aliphatic carbocycles. The quantitative estimate of drug-likeness (QED) is 0.515. The molecule has 1 heterocycles. The van der Waals surface area contributed by atoms with Crippen LogP contribution in [0.3, 0.4) is 0 Å². The molecule has 0 amide bonds. The summed E-state index contributed by atoms with van der Waals surface area (Å²) in [5, 5.41) is 0. The van der Waals surface area contributed by atoms with Crippen molar-refractivity contribution in [3.05, 3.63) is 59.9 Å².